The second-order valence-corrected chi connectivity index (χ2v) is 11.2. The molecule has 3 aliphatic rings. The van der Waals surface area contributed by atoms with Crippen LogP contribution in [0.15, 0.2) is 29.2 Å². The number of carbonyl (C=O) groups excluding carboxylic acids is 2. The van der Waals surface area contributed by atoms with E-state index in [-0.39, 0.29) is 9.92 Å². The summed E-state index contributed by atoms with van der Waals surface area (Å²) < 4.78 is 72.2. The first-order valence-electron chi connectivity index (χ1n) is 10.1. The molecule has 1 heterocycles. The zero-order valence-electron chi connectivity index (χ0n) is 17.1. The highest BCUT2D eigenvalue weighted by Gasteiger charge is 2.70. The molecule has 13 heteroatoms. The minimum Gasteiger partial charge on any atom is -0.425 e. The number of nitrogens with zero attached hydrogens (tertiary/aromatic N) is 2. The Morgan fingerprint density at radius 3 is 2.36 bits per heavy atom. The summed E-state index contributed by atoms with van der Waals surface area (Å²) >= 11 is 6.01. The van der Waals surface area contributed by atoms with Crippen LogP contribution in [0.25, 0.3) is 0 Å². The number of rotatable bonds is 5. The molecule has 2 saturated carbocycles. The summed E-state index contributed by atoms with van der Waals surface area (Å²) in [4.78, 5) is 25.7. The van der Waals surface area contributed by atoms with Crippen LogP contribution in [0.3, 0.4) is 0 Å². The maximum atomic E-state index is 13.6. The average molecular weight is 506 g/mol. The van der Waals surface area contributed by atoms with Crippen LogP contribution in [0.5, 0.6) is 0 Å². The highest BCUT2D eigenvalue weighted by atomic mass is 35.5. The van der Waals surface area contributed by atoms with Crippen molar-refractivity contribution in [2.45, 2.75) is 60.2 Å². The first-order chi connectivity index (χ1) is 15.4. The zero-order valence-corrected chi connectivity index (χ0v) is 18.6. The first kappa shape index (κ1) is 23.6. The van der Waals surface area contributed by atoms with E-state index in [4.69, 9.17) is 21.6 Å². The zero-order chi connectivity index (χ0) is 24.2. The van der Waals surface area contributed by atoms with E-state index in [1.807, 2.05) is 6.07 Å². The number of halogens is 4. The van der Waals surface area contributed by atoms with Crippen LogP contribution < -0.4 is 5.32 Å². The number of amides is 2. The molecule has 1 N–H and O–H groups in total. The van der Waals surface area contributed by atoms with Gasteiger partial charge in [0.1, 0.15) is 11.0 Å². The molecule has 4 rings (SSSR count). The molecule has 1 saturated heterocycles. The molecule has 0 spiro atoms. The molecular formula is C20H19ClF3N3O5S. The maximum Gasteiger partial charge on any atom is 0.410 e. The summed E-state index contributed by atoms with van der Waals surface area (Å²) in [6.45, 7) is -0.592. The molecule has 1 aromatic carbocycles. The number of hydrogen-bond acceptors (Lipinski definition) is 6. The summed E-state index contributed by atoms with van der Waals surface area (Å²) in [5.74, 6) is -1.33. The van der Waals surface area contributed by atoms with Gasteiger partial charge in [-0.2, -0.15) is 18.4 Å². The summed E-state index contributed by atoms with van der Waals surface area (Å²) in [5.41, 5.74) is -3.73. The molecule has 0 unspecified atom stereocenters. The molecule has 33 heavy (non-hydrogen) atoms. The first-order valence-corrected chi connectivity index (χ1v) is 12.0. The van der Waals surface area contributed by atoms with Crippen LogP contribution in [-0.4, -0.2) is 55.1 Å². The second kappa shape index (κ2) is 7.77. The van der Waals surface area contributed by atoms with Crippen molar-refractivity contribution < 1.29 is 35.9 Å². The third-order valence-corrected chi connectivity index (χ3v) is 8.94. The van der Waals surface area contributed by atoms with E-state index in [0.717, 1.165) is 0 Å². The molecule has 0 radical (unpaired) electrons. The minimum atomic E-state index is -4.82. The number of likely N-dealkylation sites (tertiary alicyclic amines) is 1. The van der Waals surface area contributed by atoms with Gasteiger partial charge in [-0.05, 0) is 37.8 Å². The number of benzene rings is 1. The largest absolute Gasteiger partial charge is 0.425 e. The summed E-state index contributed by atoms with van der Waals surface area (Å²) in [7, 11) is -4.16. The van der Waals surface area contributed by atoms with E-state index in [0.29, 0.717) is 17.7 Å². The van der Waals surface area contributed by atoms with Gasteiger partial charge in [-0.3, -0.25) is 4.79 Å². The summed E-state index contributed by atoms with van der Waals surface area (Å²) in [5, 5.41) is 10.0. The number of sulfone groups is 1. The topological polar surface area (TPSA) is 117 Å². The highest BCUT2D eigenvalue weighted by molar-refractivity contribution is 7.92. The monoisotopic (exact) mass is 505 g/mol. The van der Waals surface area contributed by atoms with Crippen molar-refractivity contribution in [2.75, 3.05) is 6.54 Å². The van der Waals surface area contributed by atoms with Gasteiger partial charge in [0.05, 0.1) is 21.2 Å². The highest BCUT2D eigenvalue weighted by Crippen LogP contribution is 2.59. The van der Waals surface area contributed by atoms with Gasteiger partial charge in [-0.25, -0.2) is 13.2 Å². The number of ether oxygens (including phenoxy) is 1. The molecule has 2 aliphatic carbocycles. The number of nitrogens with one attached hydrogen (secondary N) is 1. The normalized spacial score (nSPS) is 25.1. The molecular weight excluding hydrogens is 487 g/mol. The molecule has 0 aromatic heterocycles. The van der Waals surface area contributed by atoms with Crippen molar-refractivity contribution in [3.05, 3.63) is 29.3 Å². The molecule has 1 aliphatic heterocycles. The van der Waals surface area contributed by atoms with E-state index in [9.17, 15) is 31.2 Å². The Bertz CT molecular complexity index is 1140. The van der Waals surface area contributed by atoms with Gasteiger partial charge in [0.2, 0.25) is 5.91 Å². The SMILES string of the molecule is N#CC1(NC(=O)O[C@H]2C[C@@H](S(=O)(=O)c3ccccc3Cl)CN2C(=O)C2(C(F)(F)F)CC2)CC1. The fourth-order valence-corrected chi connectivity index (χ4v) is 6.13. The van der Waals surface area contributed by atoms with E-state index < -0.39 is 76.3 Å². The van der Waals surface area contributed by atoms with Gasteiger partial charge >= 0.3 is 12.3 Å². The molecule has 8 nitrogen and oxygen atoms in total. The fourth-order valence-electron chi connectivity index (χ4n) is 3.93. The van der Waals surface area contributed by atoms with Crippen LogP contribution in [0, 0.1) is 16.7 Å². The van der Waals surface area contributed by atoms with E-state index >= 15 is 0 Å². The second-order valence-electron chi connectivity index (χ2n) is 8.55. The van der Waals surface area contributed by atoms with Crippen molar-refractivity contribution in [1.82, 2.24) is 10.2 Å². The van der Waals surface area contributed by atoms with E-state index in [1.165, 1.54) is 24.3 Å². The van der Waals surface area contributed by atoms with E-state index in [1.54, 1.807) is 0 Å². The average Bonchev–Trinajstić information content (AvgIpc) is 3.65. The lowest BCUT2D eigenvalue weighted by molar-refractivity contribution is -0.201. The Labute approximate surface area is 192 Å². The van der Waals surface area contributed by atoms with Gasteiger partial charge in [-0.15, -0.1) is 0 Å². The Morgan fingerprint density at radius 1 is 1.21 bits per heavy atom. The van der Waals surface area contributed by atoms with Crippen LogP contribution in [0.4, 0.5) is 18.0 Å². The van der Waals surface area contributed by atoms with Crippen molar-refractivity contribution in [2.24, 2.45) is 5.41 Å². The van der Waals surface area contributed by atoms with Crippen LogP contribution in [0.2, 0.25) is 5.02 Å². The van der Waals surface area contributed by atoms with Crippen molar-refractivity contribution in [3.63, 3.8) is 0 Å². The van der Waals surface area contributed by atoms with Crippen LogP contribution >= 0.6 is 11.6 Å². The number of carbonyl (C=O) groups is 2. The third-order valence-electron chi connectivity index (χ3n) is 6.31. The minimum absolute atomic E-state index is 0.0730. The standard InChI is InChI=1S/C20H19ClF3N3O5S/c21-13-3-1-2-4-14(13)33(30,31)12-9-15(32-17(29)26-18(11-25)5-6-18)27(10-12)16(28)19(7-8-19)20(22,23)24/h1-4,12,15H,5-10H2,(H,26,29)/t12-,15+/m1/s1. The van der Waals surface area contributed by atoms with E-state index in [2.05, 4.69) is 5.32 Å². The van der Waals surface area contributed by atoms with Crippen molar-refractivity contribution in [1.29, 1.82) is 5.26 Å². The lowest BCUT2D eigenvalue weighted by Crippen LogP contribution is -2.49. The predicted molar refractivity (Wildman–Crippen MR) is 107 cm³/mol. The lowest BCUT2D eigenvalue weighted by Gasteiger charge is -2.29. The fraction of sp³-hybridized carbons (Fsp3) is 0.550. The number of alkyl carbamates (subject to hydrolysis) is 1. The number of nitriles is 1. The Balaban J connectivity index is 1.61. The Kier molecular flexibility index (Phi) is 5.56. The summed E-state index contributed by atoms with van der Waals surface area (Å²) in [6.07, 6.45) is -8.00. The summed E-state index contributed by atoms with van der Waals surface area (Å²) in [6, 6.07) is 7.48. The molecule has 0 bridgehead atoms. The van der Waals surface area contributed by atoms with Crippen LogP contribution in [0.1, 0.15) is 32.1 Å². The van der Waals surface area contributed by atoms with Crippen molar-refractivity contribution >= 4 is 33.4 Å². The molecule has 3 fully saturated rings. The quantitative estimate of drug-likeness (QED) is 0.657. The van der Waals surface area contributed by atoms with Gasteiger partial charge in [-0.1, -0.05) is 23.7 Å². The molecule has 2 atom stereocenters. The lowest BCUT2D eigenvalue weighted by atomic mass is 10.1. The molecule has 1 aromatic rings. The number of hydrogen-bond donors (Lipinski definition) is 1. The van der Waals surface area contributed by atoms with Crippen molar-refractivity contribution in [3.8, 4) is 6.07 Å². The molecule has 178 valence electrons. The molecule has 2 amide bonds. The van der Waals surface area contributed by atoms with Gasteiger partial charge < -0.3 is 15.0 Å². The van der Waals surface area contributed by atoms with Gasteiger partial charge in [0, 0.05) is 13.0 Å². The number of alkyl halides is 3. The predicted octanol–water partition coefficient (Wildman–Crippen LogP) is 3.17. The van der Waals surface area contributed by atoms with Gasteiger partial charge in [0.25, 0.3) is 0 Å². The Morgan fingerprint density at radius 2 is 1.85 bits per heavy atom. The van der Waals surface area contributed by atoms with Crippen LogP contribution in [-0.2, 0) is 19.4 Å². The Hall–Kier alpha value is -2.52. The third kappa shape index (κ3) is 4.12. The maximum absolute atomic E-state index is 13.6. The smallest absolute Gasteiger partial charge is 0.410 e. The van der Waals surface area contributed by atoms with Gasteiger partial charge in [0.15, 0.2) is 16.1 Å².